The van der Waals surface area contributed by atoms with E-state index in [9.17, 15) is 30.2 Å². The van der Waals surface area contributed by atoms with Crippen molar-refractivity contribution in [3.05, 3.63) is 296 Å². The van der Waals surface area contributed by atoms with Crippen LogP contribution in [0.15, 0.2) is 291 Å². The van der Waals surface area contributed by atoms with Crippen LogP contribution in [0.1, 0.15) is 62.0 Å². The van der Waals surface area contributed by atoms with Crippen molar-refractivity contribution in [2.75, 3.05) is 9.80 Å². The zero-order valence-corrected chi connectivity index (χ0v) is 42.7. The summed E-state index contributed by atoms with van der Waals surface area (Å²) >= 11 is 0. The highest BCUT2D eigenvalue weighted by molar-refractivity contribution is 7.00. The summed E-state index contributed by atoms with van der Waals surface area (Å²) in [4.78, 5) is 3.03. The van der Waals surface area contributed by atoms with Crippen molar-refractivity contribution >= 4 is 57.2 Å². The second-order valence-corrected chi connectivity index (χ2v) is 20.1. The van der Waals surface area contributed by atoms with E-state index in [0.717, 1.165) is 0 Å². The molecule has 2 aliphatic rings. The molecule has 0 N–H and O–H groups in total. The van der Waals surface area contributed by atoms with E-state index in [-0.39, 0.29) is 33.8 Å². The lowest BCUT2D eigenvalue weighted by molar-refractivity contribution is 0.592. The first kappa shape index (κ1) is 27.6. The topological polar surface area (TPSA) is 6.48 Å². The smallest absolute Gasteiger partial charge is 0.252 e. The lowest BCUT2D eigenvalue weighted by atomic mass is 9.33. The average molecular weight is 1040 g/mol. The summed E-state index contributed by atoms with van der Waals surface area (Å²) in [6.45, 7) is 4.75. The number of hydrogen-bond acceptors (Lipinski definition) is 2. The average Bonchev–Trinajstić information content (AvgIpc) is 0.679. The zero-order valence-electron chi connectivity index (χ0n) is 68.7. The molecule has 0 fully saturated rings. The van der Waals surface area contributed by atoms with E-state index in [2.05, 4.69) is 0 Å². The molecule has 0 unspecified atom stereocenters. The number of rotatable bonds is 9. The summed E-state index contributed by atoms with van der Waals surface area (Å²) in [5.41, 5.74) is -2.00. The molecule has 12 aromatic carbocycles. The van der Waals surface area contributed by atoms with Crippen LogP contribution in [0.2, 0.25) is 0 Å². The monoisotopic (exact) mass is 1030 g/mol. The second-order valence-electron chi connectivity index (χ2n) is 20.1. The Bertz CT molecular complexity index is 5500. The van der Waals surface area contributed by atoms with Gasteiger partial charge in [0.1, 0.15) is 0 Å². The van der Waals surface area contributed by atoms with E-state index in [1.807, 2.05) is 87.5 Å². The van der Waals surface area contributed by atoms with Gasteiger partial charge in [-0.15, -0.1) is 0 Å². The number of nitrogens with zero attached hydrogens (tertiary/aromatic N) is 2. The van der Waals surface area contributed by atoms with Gasteiger partial charge in [0.15, 0.2) is 0 Å². The standard InChI is InChI=1S/C76H57BN2/c1-76(2,3)66-51-70-68(50-65(66)58-39-23-10-24-40-58)77-67-46-45-59(52-27-11-4-12-28-52)47-69(67)78(74-61(54-31-15-6-16-32-54)41-25-42-62(74)55-33-17-7-18-34-55)71-48-60(53-29-13-5-14-30-53)49-72(73(71)77)79(70)75-63(56-35-19-8-20-36-56)43-26-44-64(75)57-37-21-9-22-38-57/h4-51H,1-3H3/i6D,7D,8D,9D,15D,16D,17D,18D,19D,20D,21D,22D,25D,26D,31D,32D,33D,34D,35D,36D,37D,38D,41D,42D,43D,44D. The van der Waals surface area contributed by atoms with Crippen LogP contribution in [0.5, 0.6) is 0 Å². The fraction of sp³-hybridized carbons (Fsp3) is 0.0526. The molecule has 14 rings (SSSR count). The minimum absolute atomic E-state index is 0.00709. The third-order valence-electron chi connectivity index (χ3n) is 14.5. The number of anilines is 6. The van der Waals surface area contributed by atoms with E-state index in [4.69, 9.17) is 5.48 Å². The van der Waals surface area contributed by atoms with Crippen LogP contribution >= 0.6 is 0 Å². The van der Waals surface area contributed by atoms with E-state index in [1.165, 1.54) is 9.80 Å². The van der Waals surface area contributed by atoms with Gasteiger partial charge in [0.25, 0.3) is 6.71 Å². The van der Waals surface area contributed by atoms with Crippen molar-refractivity contribution in [1.29, 1.82) is 0 Å². The van der Waals surface area contributed by atoms with Gasteiger partial charge in [-0.25, -0.2) is 0 Å². The first-order valence-corrected chi connectivity index (χ1v) is 25.5. The van der Waals surface area contributed by atoms with Crippen LogP contribution in [-0.2, 0) is 5.41 Å². The Kier molecular flexibility index (Phi) is 6.88. The van der Waals surface area contributed by atoms with Gasteiger partial charge >= 0.3 is 0 Å². The van der Waals surface area contributed by atoms with Crippen molar-refractivity contribution in [3.63, 3.8) is 0 Å². The van der Waals surface area contributed by atoms with Crippen LogP contribution in [0.3, 0.4) is 0 Å². The van der Waals surface area contributed by atoms with Gasteiger partial charge in [-0.3, -0.25) is 0 Å². The normalized spacial score (nSPS) is 17.0. The molecule has 2 aliphatic heterocycles. The third-order valence-corrected chi connectivity index (χ3v) is 14.5. The van der Waals surface area contributed by atoms with E-state index in [1.54, 1.807) is 66.7 Å². The lowest BCUT2D eigenvalue weighted by Gasteiger charge is -2.46. The van der Waals surface area contributed by atoms with E-state index in [0.29, 0.717) is 44.3 Å². The SMILES string of the molecule is [2H]c1c([2H])c([2H])c(-c2c([2H])c([2H])c([2H])c(-c3c([2H])c([2H])c([2H])c([2H])c3[2H])c2N2c3cc(-c4ccccc4)ccc3B3c4cc(-c5ccccc5)c(C(C)(C)C)cc4N(c4c(-c5c([2H])c([2H])c([2H])c([2H])c5[2H])c([2H])c([2H])c([2H])c4-c4c([2H])c([2H])c([2H])c([2H])c4[2H])c4cc(-c5ccccc5)cc2c43)c([2H])c1[2H]. The summed E-state index contributed by atoms with van der Waals surface area (Å²) < 4.78 is 248. The van der Waals surface area contributed by atoms with Gasteiger partial charge < -0.3 is 9.80 Å². The first-order chi connectivity index (χ1) is 49.6. The molecule has 0 amide bonds. The van der Waals surface area contributed by atoms with Crippen molar-refractivity contribution < 1.29 is 35.6 Å². The van der Waals surface area contributed by atoms with Gasteiger partial charge in [-0.1, -0.05) is 287 Å². The minimum Gasteiger partial charge on any atom is -0.310 e. The Morgan fingerprint density at radius 1 is 0.304 bits per heavy atom. The van der Waals surface area contributed by atoms with Crippen molar-refractivity contribution in [2.45, 2.75) is 26.2 Å². The maximum atomic E-state index is 10.3. The molecule has 3 heteroatoms. The largest absolute Gasteiger partial charge is 0.310 e. The highest BCUT2D eigenvalue weighted by Gasteiger charge is 2.46. The van der Waals surface area contributed by atoms with Gasteiger partial charge in [-0.2, -0.15) is 0 Å². The number of benzene rings is 12. The molecule has 0 saturated heterocycles. The molecule has 0 aliphatic carbocycles. The Morgan fingerprint density at radius 3 is 1.10 bits per heavy atom. The van der Waals surface area contributed by atoms with Gasteiger partial charge in [0.05, 0.1) is 47.0 Å². The second kappa shape index (κ2) is 19.7. The van der Waals surface area contributed by atoms with Crippen LogP contribution in [-0.4, -0.2) is 6.71 Å². The molecule has 374 valence electrons. The summed E-state index contributed by atoms with van der Waals surface area (Å²) in [6, 6.07) is 16.6. The molecule has 2 nitrogen and oxygen atoms in total. The van der Waals surface area contributed by atoms with E-state index >= 15 is 0 Å². The number of hydrogen-bond donors (Lipinski definition) is 0. The molecule has 79 heavy (non-hydrogen) atoms. The fourth-order valence-electron chi connectivity index (χ4n) is 11.1. The Balaban J connectivity index is 1.32. The minimum atomic E-state index is -1.14. The molecular weight excluding hydrogens is 952 g/mol. The number of fused-ring (bicyclic) bond motifs is 4. The van der Waals surface area contributed by atoms with E-state index < -0.39 is 225 Å². The predicted molar refractivity (Wildman–Crippen MR) is 337 cm³/mol. The van der Waals surface area contributed by atoms with Crippen molar-refractivity contribution in [1.82, 2.24) is 0 Å². The predicted octanol–water partition coefficient (Wildman–Crippen LogP) is 18.7. The Hall–Kier alpha value is -9.70. The third kappa shape index (κ3) is 8.38. The maximum Gasteiger partial charge on any atom is 0.252 e. The van der Waals surface area contributed by atoms with Crippen molar-refractivity contribution in [2.24, 2.45) is 0 Å². The quantitative estimate of drug-likeness (QED) is 0.133. The molecule has 12 aromatic rings. The summed E-state index contributed by atoms with van der Waals surface area (Å²) in [6.07, 6.45) is 0. The van der Waals surface area contributed by atoms with Gasteiger partial charge in [0.2, 0.25) is 0 Å². The van der Waals surface area contributed by atoms with Crippen LogP contribution in [0.25, 0.3) is 77.9 Å². The van der Waals surface area contributed by atoms with Gasteiger partial charge in [-0.05, 0) is 107 Å². The first-order valence-electron chi connectivity index (χ1n) is 38.5. The number of para-hydroxylation sites is 2. The van der Waals surface area contributed by atoms with Crippen LogP contribution in [0.4, 0.5) is 34.1 Å². The molecular formula is C76H57BN2. The molecule has 0 radical (unpaired) electrons. The summed E-state index contributed by atoms with van der Waals surface area (Å²) in [7, 11) is 0. The molecule has 0 saturated carbocycles. The molecule has 2 heterocycles. The molecule has 0 spiro atoms. The maximum absolute atomic E-state index is 10.3. The summed E-state index contributed by atoms with van der Waals surface area (Å²) in [5.74, 6) is 0. The summed E-state index contributed by atoms with van der Waals surface area (Å²) in [5, 5.41) is 0. The van der Waals surface area contributed by atoms with Crippen molar-refractivity contribution in [3.8, 4) is 77.9 Å². The fourth-order valence-corrected chi connectivity index (χ4v) is 11.1. The highest BCUT2D eigenvalue weighted by atomic mass is 15.2. The molecule has 0 aromatic heterocycles. The molecule has 0 bridgehead atoms. The Labute approximate surface area is 501 Å². The van der Waals surface area contributed by atoms with Crippen LogP contribution < -0.4 is 26.2 Å². The zero-order chi connectivity index (χ0) is 75.7. The Morgan fingerprint density at radius 2 is 0.684 bits per heavy atom. The highest BCUT2D eigenvalue weighted by Crippen LogP contribution is 2.54. The van der Waals surface area contributed by atoms with Gasteiger partial charge in [0, 0.05) is 45.0 Å². The molecule has 0 atom stereocenters. The van der Waals surface area contributed by atoms with Crippen LogP contribution in [0, 0.1) is 0 Å². The lowest BCUT2D eigenvalue weighted by Crippen LogP contribution is -2.61.